The first-order chi connectivity index (χ1) is 15.0. The number of rotatable bonds is 10. The van der Waals surface area contributed by atoms with Crippen LogP contribution in [0.5, 0.6) is 0 Å². The number of carbonyl (C=O) groups excluding carboxylic acids is 1. The van der Waals surface area contributed by atoms with Gasteiger partial charge in [-0.05, 0) is 44.4 Å². The average molecular weight is 461 g/mol. The molecule has 2 aromatic heterocycles. The fraction of sp³-hybridized carbons (Fsp3) is 0.455. The number of pyridine rings is 1. The highest BCUT2D eigenvalue weighted by Crippen LogP contribution is 2.33. The van der Waals surface area contributed by atoms with Crippen molar-refractivity contribution in [3.05, 3.63) is 44.7 Å². The van der Waals surface area contributed by atoms with Crippen LogP contribution < -0.4 is 10.9 Å². The van der Waals surface area contributed by atoms with Crippen molar-refractivity contribution in [2.45, 2.75) is 40.0 Å². The number of unbranched alkanes of at least 4 members (excludes halogenated alkanes) is 1. The van der Waals surface area contributed by atoms with Crippen LogP contribution in [-0.4, -0.2) is 50.8 Å². The molecule has 1 aliphatic rings. The zero-order valence-corrected chi connectivity index (χ0v) is 19.8. The lowest BCUT2D eigenvalue weighted by Gasteiger charge is -2.13. The van der Waals surface area contributed by atoms with Gasteiger partial charge < -0.3 is 10.1 Å². The molecule has 9 heteroatoms. The van der Waals surface area contributed by atoms with Crippen LogP contribution in [0, 0.1) is 6.92 Å². The number of amides is 1. The molecule has 2 aromatic rings. The van der Waals surface area contributed by atoms with Crippen LogP contribution in [0.25, 0.3) is 11.7 Å². The van der Waals surface area contributed by atoms with E-state index >= 15 is 0 Å². The number of nitrogens with zero attached hydrogens (tertiary/aromatic N) is 3. The molecule has 0 atom stereocenters. The molecule has 1 amide bonds. The SMILES string of the molecule is CCCCN1C(=O)C(=Cc2c(NCCCOCC)nc3c(C)cccn3c2=O)SC1=S. The maximum absolute atomic E-state index is 13.3. The Morgan fingerprint density at radius 3 is 2.84 bits per heavy atom. The van der Waals surface area contributed by atoms with Gasteiger partial charge in [0.2, 0.25) is 0 Å². The minimum Gasteiger partial charge on any atom is -0.382 e. The van der Waals surface area contributed by atoms with Crippen molar-refractivity contribution < 1.29 is 9.53 Å². The fourth-order valence-electron chi connectivity index (χ4n) is 3.24. The van der Waals surface area contributed by atoms with E-state index in [0.29, 0.717) is 52.6 Å². The van der Waals surface area contributed by atoms with Gasteiger partial charge in [0.15, 0.2) is 0 Å². The molecule has 166 valence electrons. The Hall–Kier alpha value is -2.23. The molecule has 0 spiro atoms. The van der Waals surface area contributed by atoms with Gasteiger partial charge in [-0.3, -0.25) is 18.9 Å². The zero-order chi connectivity index (χ0) is 22.4. The molecule has 0 saturated carbocycles. The second kappa shape index (κ2) is 10.9. The summed E-state index contributed by atoms with van der Waals surface area (Å²) in [5.74, 6) is 0.314. The summed E-state index contributed by atoms with van der Waals surface area (Å²) in [5, 5.41) is 3.26. The van der Waals surface area contributed by atoms with Crippen LogP contribution in [-0.2, 0) is 9.53 Å². The first-order valence-corrected chi connectivity index (χ1v) is 11.8. The zero-order valence-electron chi connectivity index (χ0n) is 18.1. The Kier molecular flexibility index (Phi) is 8.22. The van der Waals surface area contributed by atoms with E-state index in [2.05, 4.69) is 12.2 Å². The van der Waals surface area contributed by atoms with Crippen LogP contribution in [0.3, 0.4) is 0 Å². The smallest absolute Gasteiger partial charge is 0.267 e. The van der Waals surface area contributed by atoms with Crippen molar-refractivity contribution in [1.82, 2.24) is 14.3 Å². The Labute approximate surface area is 191 Å². The van der Waals surface area contributed by atoms with E-state index in [1.165, 1.54) is 16.2 Å². The highest BCUT2D eigenvalue weighted by Gasteiger charge is 2.32. The summed E-state index contributed by atoms with van der Waals surface area (Å²) >= 11 is 6.63. The lowest BCUT2D eigenvalue weighted by Crippen LogP contribution is -2.29. The molecule has 7 nitrogen and oxygen atoms in total. The molecule has 1 aliphatic heterocycles. The second-order valence-corrected chi connectivity index (χ2v) is 8.90. The molecule has 0 radical (unpaired) electrons. The summed E-state index contributed by atoms with van der Waals surface area (Å²) in [6.45, 7) is 8.43. The van der Waals surface area contributed by atoms with Gasteiger partial charge in [0.1, 0.15) is 15.8 Å². The molecule has 31 heavy (non-hydrogen) atoms. The van der Waals surface area contributed by atoms with Gasteiger partial charge in [-0.15, -0.1) is 0 Å². The van der Waals surface area contributed by atoms with Crippen LogP contribution in [0.2, 0.25) is 0 Å². The Morgan fingerprint density at radius 2 is 2.10 bits per heavy atom. The van der Waals surface area contributed by atoms with Crippen LogP contribution in [0.4, 0.5) is 5.82 Å². The molecule has 0 aliphatic carbocycles. The number of ether oxygens (including phenoxy) is 1. The first-order valence-electron chi connectivity index (χ1n) is 10.6. The van der Waals surface area contributed by atoms with Crippen molar-refractivity contribution in [3.63, 3.8) is 0 Å². The van der Waals surface area contributed by atoms with Gasteiger partial charge in [0, 0.05) is 32.5 Å². The van der Waals surface area contributed by atoms with Crippen molar-refractivity contribution in [2.24, 2.45) is 0 Å². The molecular formula is C22H28N4O3S2. The maximum atomic E-state index is 13.3. The predicted octanol–water partition coefficient (Wildman–Crippen LogP) is 3.84. The van der Waals surface area contributed by atoms with Gasteiger partial charge in [-0.2, -0.15) is 0 Å². The Bertz CT molecular complexity index is 1060. The third-order valence-corrected chi connectivity index (χ3v) is 6.31. The first kappa shape index (κ1) is 23.4. The number of anilines is 1. The van der Waals surface area contributed by atoms with E-state index in [9.17, 15) is 9.59 Å². The van der Waals surface area contributed by atoms with Crippen molar-refractivity contribution >= 4 is 51.7 Å². The van der Waals surface area contributed by atoms with Crippen LogP contribution in [0.15, 0.2) is 28.0 Å². The van der Waals surface area contributed by atoms with Crippen LogP contribution >= 0.6 is 24.0 Å². The highest BCUT2D eigenvalue weighted by atomic mass is 32.2. The summed E-state index contributed by atoms with van der Waals surface area (Å²) in [6, 6.07) is 3.73. The van der Waals surface area contributed by atoms with Crippen molar-refractivity contribution in [2.75, 3.05) is 31.6 Å². The lowest BCUT2D eigenvalue weighted by molar-refractivity contribution is -0.122. The van der Waals surface area contributed by atoms with E-state index in [1.807, 2.05) is 26.0 Å². The van der Waals surface area contributed by atoms with Gasteiger partial charge in [-0.1, -0.05) is 43.4 Å². The summed E-state index contributed by atoms with van der Waals surface area (Å²) < 4.78 is 7.43. The number of carbonyl (C=O) groups is 1. The van der Waals surface area contributed by atoms with E-state index in [0.717, 1.165) is 24.8 Å². The van der Waals surface area contributed by atoms with E-state index in [1.54, 1.807) is 17.2 Å². The second-order valence-electron chi connectivity index (χ2n) is 7.23. The third kappa shape index (κ3) is 5.34. The predicted molar refractivity (Wildman–Crippen MR) is 131 cm³/mol. The van der Waals surface area contributed by atoms with Gasteiger partial charge >= 0.3 is 0 Å². The standard InChI is InChI=1S/C22H28N4O3S2/c1-4-6-11-26-21(28)17(31-22(26)30)14-16-18(23-10-8-13-29-5-2)24-19-15(3)9-7-12-25(19)20(16)27/h7,9,12,14,23H,4-6,8,10-11,13H2,1-3H3. The van der Waals surface area contributed by atoms with Gasteiger partial charge in [-0.25, -0.2) is 4.98 Å². The summed E-state index contributed by atoms with van der Waals surface area (Å²) in [4.78, 5) is 33.0. The lowest BCUT2D eigenvalue weighted by atomic mass is 10.2. The third-order valence-electron chi connectivity index (χ3n) is 4.93. The number of hydrogen-bond donors (Lipinski definition) is 1. The number of aromatic nitrogens is 2. The highest BCUT2D eigenvalue weighted by molar-refractivity contribution is 8.26. The number of aryl methyl sites for hydroxylation is 1. The van der Waals surface area contributed by atoms with Gasteiger partial charge in [0.25, 0.3) is 11.5 Å². The number of fused-ring (bicyclic) bond motifs is 1. The van der Waals surface area contributed by atoms with Gasteiger partial charge in [0.05, 0.1) is 10.5 Å². The van der Waals surface area contributed by atoms with Crippen molar-refractivity contribution in [1.29, 1.82) is 0 Å². The number of nitrogens with one attached hydrogen (secondary N) is 1. The van der Waals surface area contributed by atoms with Crippen LogP contribution in [0.1, 0.15) is 44.2 Å². The number of hydrogen-bond acceptors (Lipinski definition) is 7. The molecule has 0 unspecified atom stereocenters. The largest absolute Gasteiger partial charge is 0.382 e. The molecule has 1 saturated heterocycles. The molecular weight excluding hydrogens is 432 g/mol. The Morgan fingerprint density at radius 1 is 1.29 bits per heavy atom. The number of thiocarbonyl (C=S) groups is 1. The fourth-order valence-corrected chi connectivity index (χ4v) is 4.53. The molecule has 0 aromatic carbocycles. The minimum absolute atomic E-state index is 0.153. The van der Waals surface area contributed by atoms with Crippen molar-refractivity contribution in [3.8, 4) is 0 Å². The van der Waals surface area contributed by atoms with E-state index in [4.69, 9.17) is 21.9 Å². The number of thioether (sulfide) groups is 1. The minimum atomic E-state index is -0.222. The molecule has 1 N–H and O–H groups in total. The molecule has 1 fully saturated rings. The molecule has 3 rings (SSSR count). The molecule has 3 heterocycles. The quantitative estimate of drug-likeness (QED) is 0.328. The topological polar surface area (TPSA) is 75.9 Å². The van der Waals surface area contributed by atoms with E-state index in [-0.39, 0.29) is 11.5 Å². The average Bonchev–Trinajstić information content (AvgIpc) is 3.02. The monoisotopic (exact) mass is 460 g/mol. The van der Waals surface area contributed by atoms with E-state index < -0.39 is 0 Å². The summed E-state index contributed by atoms with van der Waals surface area (Å²) in [5.41, 5.74) is 1.62. The normalized spacial score (nSPS) is 15.5. The summed E-state index contributed by atoms with van der Waals surface area (Å²) in [6.07, 6.45) is 5.95. The summed E-state index contributed by atoms with van der Waals surface area (Å²) in [7, 11) is 0. The Balaban J connectivity index is 1.99. The molecule has 0 bridgehead atoms. The maximum Gasteiger partial charge on any atom is 0.267 e.